The number of anilines is 1. The Morgan fingerprint density at radius 3 is 2.39 bits per heavy atom. The Labute approximate surface area is 162 Å². The molecule has 0 aliphatic rings. The molecule has 0 bridgehead atoms. The van der Waals surface area contributed by atoms with E-state index >= 15 is 0 Å². The van der Waals surface area contributed by atoms with Crippen LogP contribution in [0.25, 0.3) is 11.0 Å². The molecule has 0 radical (unpaired) electrons. The molecule has 7 nitrogen and oxygen atoms in total. The third-order valence-corrected chi connectivity index (χ3v) is 4.73. The minimum absolute atomic E-state index is 0.146. The summed E-state index contributed by atoms with van der Waals surface area (Å²) in [6.45, 7) is 6.27. The van der Waals surface area contributed by atoms with Gasteiger partial charge in [-0.3, -0.25) is 9.59 Å². The van der Waals surface area contributed by atoms with Crippen LogP contribution in [0, 0.1) is 13.8 Å². The van der Waals surface area contributed by atoms with E-state index in [1.54, 1.807) is 22.8 Å². The number of hydrogen-bond donors (Lipinski definition) is 1. The first-order chi connectivity index (χ1) is 13.4. The zero-order valence-corrected chi connectivity index (χ0v) is 16.6. The maximum atomic E-state index is 12.9. The number of amides is 1. The summed E-state index contributed by atoms with van der Waals surface area (Å²) in [6, 6.07) is 8.80. The lowest BCUT2D eigenvalue weighted by atomic mass is 10.1. The lowest BCUT2D eigenvalue weighted by Crippen LogP contribution is -2.31. The fourth-order valence-electron chi connectivity index (χ4n) is 3.06. The van der Waals surface area contributed by atoms with Crippen molar-refractivity contribution >= 4 is 22.6 Å². The molecule has 0 fully saturated rings. The molecule has 0 saturated heterocycles. The Kier molecular flexibility index (Phi) is 5.35. The second-order valence-corrected chi connectivity index (χ2v) is 6.46. The SMILES string of the molecule is CCn1c(=O)c(C(=O)Nc2ccc(OC)c(OC)c2)nc2cc(C)c(C)cc21. The van der Waals surface area contributed by atoms with Gasteiger partial charge in [0.2, 0.25) is 0 Å². The van der Waals surface area contributed by atoms with Crippen LogP contribution < -0.4 is 20.3 Å². The second kappa shape index (κ2) is 7.72. The Balaban J connectivity index is 2.05. The molecular formula is C21H23N3O4. The molecule has 1 heterocycles. The van der Waals surface area contributed by atoms with E-state index in [1.807, 2.05) is 32.9 Å². The maximum Gasteiger partial charge on any atom is 0.282 e. The van der Waals surface area contributed by atoms with Crippen LogP contribution in [0.1, 0.15) is 28.5 Å². The first kappa shape index (κ1) is 19.4. The highest BCUT2D eigenvalue weighted by Crippen LogP contribution is 2.29. The highest BCUT2D eigenvalue weighted by molar-refractivity contribution is 6.03. The van der Waals surface area contributed by atoms with Gasteiger partial charge in [0.05, 0.1) is 25.3 Å². The molecule has 28 heavy (non-hydrogen) atoms. The molecule has 146 valence electrons. The molecular weight excluding hydrogens is 358 g/mol. The van der Waals surface area contributed by atoms with Gasteiger partial charge in [-0.15, -0.1) is 0 Å². The summed E-state index contributed by atoms with van der Waals surface area (Å²) >= 11 is 0. The van der Waals surface area contributed by atoms with Gasteiger partial charge in [-0.05, 0) is 56.2 Å². The molecule has 3 rings (SSSR count). The van der Waals surface area contributed by atoms with Gasteiger partial charge < -0.3 is 19.4 Å². The number of fused-ring (bicyclic) bond motifs is 1. The summed E-state index contributed by atoms with van der Waals surface area (Å²) in [5, 5.41) is 2.72. The Bertz CT molecular complexity index is 1120. The third-order valence-electron chi connectivity index (χ3n) is 4.73. The maximum absolute atomic E-state index is 12.9. The van der Waals surface area contributed by atoms with Crippen molar-refractivity contribution in [3.63, 3.8) is 0 Å². The normalized spacial score (nSPS) is 10.8. The van der Waals surface area contributed by atoms with Crippen LogP contribution >= 0.6 is 0 Å². The van der Waals surface area contributed by atoms with E-state index in [2.05, 4.69) is 10.3 Å². The molecule has 3 aromatic rings. The summed E-state index contributed by atoms with van der Waals surface area (Å²) in [5.41, 5.74) is 3.36. The van der Waals surface area contributed by atoms with E-state index in [1.165, 1.54) is 14.2 Å². The van der Waals surface area contributed by atoms with Gasteiger partial charge in [0, 0.05) is 18.3 Å². The van der Waals surface area contributed by atoms with Crippen molar-refractivity contribution in [2.75, 3.05) is 19.5 Å². The Morgan fingerprint density at radius 1 is 1.07 bits per heavy atom. The van der Waals surface area contributed by atoms with Crippen LogP contribution in [0.4, 0.5) is 5.69 Å². The Hall–Kier alpha value is -3.35. The largest absolute Gasteiger partial charge is 0.493 e. The van der Waals surface area contributed by atoms with E-state index in [0.29, 0.717) is 29.2 Å². The van der Waals surface area contributed by atoms with Gasteiger partial charge in [0.15, 0.2) is 17.2 Å². The lowest BCUT2D eigenvalue weighted by Gasteiger charge is -2.13. The Morgan fingerprint density at radius 2 is 1.75 bits per heavy atom. The van der Waals surface area contributed by atoms with Crippen LogP contribution in [0.15, 0.2) is 35.1 Å². The van der Waals surface area contributed by atoms with E-state index in [0.717, 1.165) is 16.6 Å². The minimum Gasteiger partial charge on any atom is -0.493 e. The number of nitrogens with zero attached hydrogens (tertiary/aromatic N) is 2. The minimum atomic E-state index is -0.570. The van der Waals surface area contributed by atoms with Gasteiger partial charge in [-0.25, -0.2) is 4.98 Å². The number of aromatic nitrogens is 2. The zero-order valence-electron chi connectivity index (χ0n) is 16.6. The fourth-order valence-corrected chi connectivity index (χ4v) is 3.06. The topological polar surface area (TPSA) is 82.5 Å². The molecule has 0 aliphatic heterocycles. The van der Waals surface area contributed by atoms with Crippen molar-refractivity contribution < 1.29 is 14.3 Å². The number of benzene rings is 2. The summed E-state index contributed by atoms with van der Waals surface area (Å²) < 4.78 is 12.0. The van der Waals surface area contributed by atoms with Gasteiger partial charge in [0.1, 0.15) is 0 Å². The fraction of sp³-hybridized carbons (Fsp3) is 0.286. The highest BCUT2D eigenvalue weighted by Gasteiger charge is 2.18. The monoisotopic (exact) mass is 381 g/mol. The lowest BCUT2D eigenvalue weighted by molar-refractivity contribution is 0.102. The number of hydrogen-bond acceptors (Lipinski definition) is 5. The van der Waals surface area contributed by atoms with Crippen molar-refractivity contribution in [2.24, 2.45) is 0 Å². The van der Waals surface area contributed by atoms with E-state index in [4.69, 9.17) is 9.47 Å². The van der Waals surface area contributed by atoms with Gasteiger partial charge in [0.25, 0.3) is 11.5 Å². The van der Waals surface area contributed by atoms with Crippen molar-refractivity contribution in [1.82, 2.24) is 9.55 Å². The molecule has 2 aromatic carbocycles. The molecule has 1 amide bonds. The van der Waals surface area contributed by atoms with E-state index in [-0.39, 0.29) is 5.69 Å². The number of ether oxygens (including phenoxy) is 2. The molecule has 1 aromatic heterocycles. The van der Waals surface area contributed by atoms with Gasteiger partial charge >= 0.3 is 0 Å². The van der Waals surface area contributed by atoms with Crippen molar-refractivity contribution in [1.29, 1.82) is 0 Å². The van der Waals surface area contributed by atoms with Gasteiger partial charge in [-0.1, -0.05) is 0 Å². The predicted molar refractivity (Wildman–Crippen MR) is 109 cm³/mol. The molecule has 0 atom stereocenters. The van der Waals surface area contributed by atoms with E-state index in [9.17, 15) is 9.59 Å². The number of methoxy groups -OCH3 is 2. The summed E-state index contributed by atoms with van der Waals surface area (Å²) in [5.74, 6) is 0.451. The van der Waals surface area contributed by atoms with Crippen LogP contribution in [0.3, 0.4) is 0 Å². The predicted octanol–water partition coefficient (Wildman–Crippen LogP) is 3.30. The number of nitrogens with one attached hydrogen (secondary N) is 1. The summed E-state index contributed by atoms with van der Waals surface area (Å²) in [6.07, 6.45) is 0. The van der Waals surface area contributed by atoms with Crippen LogP contribution in [-0.4, -0.2) is 29.7 Å². The first-order valence-corrected chi connectivity index (χ1v) is 8.94. The standard InChI is InChI=1S/C21H23N3O4/c1-6-24-16-10-13(3)12(2)9-15(16)23-19(21(24)26)20(25)22-14-7-8-17(27-4)18(11-14)28-5/h7-11H,6H2,1-5H3,(H,22,25). The second-order valence-electron chi connectivity index (χ2n) is 6.46. The van der Waals surface area contributed by atoms with Crippen molar-refractivity contribution in [3.8, 4) is 11.5 Å². The average molecular weight is 381 g/mol. The molecule has 0 aliphatic carbocycles. The zero-order chi connectivity index (χ0) is 20.4. The third kappa shape index (κ3) is 3.43. The molecule has 7 heteroatoms. The van der Waals surface area contributed by atoms with Crippen LogP contribution in [-0.2, 0) is 6.54 Å². The van der Waals surface area contributed by atoms with Crippen molar-refractivity contribution in [3.05, 3.63) is 57.5 Å². The quantitative estimate of drug-likeness (QED) is 0.733. The number of carbonyl (C=O) groups excluding carboxylic acids is 1. The van der Waals surface area contributed by atoms with Crippen LogP contribution in [0.5, 0.6) is 11.5 Å². The van der Waals surface area contributed by atoms with E-state index < -0.39 is 11.5 Å². The molecule has 0 unspecified atom stereocenters. The first-order valence-electron chi connectivity index (χ1n) is 8.94. The smallest absolute Gasteiger partial charge is 0.282 e. The summed E-state index contributed by atoms with van der Waals surface area (Å²) in [4.78, 5) is 30.0. The number of carbonyl (C=O) groups is 1. The highest BCUT2D eigenvalue weighted by atomic mass is 16.5. The number of rotatable bonds is 5. The molecule has 0 spiro atoms. The molecule has 0 saturated carbocycles. The average Bonchev–Trinajstić information content (AvgIpc) is 2.68. The summed E-state index contributed by atoms with van der Waals surface area (Å²) in [7, 11) is 3.05. The number of aryl methyl sites for hydroxylation is 3. The van der Waals surface area contributed by atoms with Crippen molar-refractivity contribution in [2.45, 2.75) is 27.3 Å². The van der Waals surface area contributed by atoms with Gasteiger partial charge in [-0.2, -0.15) is 0 Å². The molecule has 1 N–H and O–H groups in total. The van der Waals surface area contributed by atoms with Crippen LogP contribution in [0.2, 0.25) is 0 Å².